The Bertz CT molecular complexity index is 1320. The molecule has 2 bridgehead atoms. The number of likely N-dealkylation sites (N-methyl/N-ethyl adjacent to an activating group) is 1. The van der Waals surface area contributed by atoms with Gasteiger partial charge >= 0.3 is 5.97 Å². The molecule has 3 heterocycles. The Morgan fingerprint density at radius 1 is 0.957 bits per heavy atom. The minimum absolute atomic E-state index is 0.123. The number of rotatable bonds is 3. The van der Waals surface area contributed by atoms with E-state index in [-0.39, 0.29) is 31.8 Å². The summed E-state index contributed by atoms with van der Waals surface area (Å²) in [5.41, 5.74) is 0.933. The third-order valence-electron chi connectivity index (χ3n) is 9.68. The van der Waals surface area contributed by atoms with Crippen molar-refractivity contribution in [3.05, 3.63) is 35.9 Å². The summed E-state index contributed by atoms with van der Waals surface area (Å²) in [6.07, 6.45) is 2.17. The molecule has 0 saturated carbocycles. The molecular weight excluding hydrogens is 608 g/mol. The van der Waals surface area contributed by atoms with E-state index < -0.39 is 77.9 Å². The van der Waals surface area contributed by atoms with Crippen molar-refractivity contribution in [1.82, 2.24) is 20.4 Å². The van der Waals surface area contributed by atoms with Gasteiger partial charge in [-0.25, -0.2) is 0 Å². The topological polar surface area (TPSA) is 172 Å². The van der Waals surface area contributed by atoms with E-state index in [2.05, 4.69) is 10.6 Å². The van der Waals surface area contributed by atoms with E-state index in [1.54, 1.807) is 13.8 Å². The second-order valence-electron chi connectivity index (χ2n) is 13.2. The number of carbonyl (C=O) groups is 6. The zero-order valence-corrected chi connectivity index (χ0v) is 27.7. The van der Waals surface area contributed by atoms with Crippen LogP contribution in [0.5, 0.6) is 0 Å². The number of nitrogens with one attached hydrogen (secondary N) is 2. The molecule has 3 N–H and O–H groups in total. The number of hydrogen-bond acceptors (Lipinski definition) is 9. The highest BCUT2D eigenvalue weighted by Gasteiger charge is 2.52. The minimum atomic E-state index is -2.39. The number of ether oxygens (including phenoxy) is 2. The summed E-state index contributed by atoms with van der Waals surface area (Å²) in [6, 6.07) is 7.26. The van der Waals surface area contributed by atoms with E-state index in [1.165, 1.54) is 11.9 Å². The fourth-order valence-electron chi connectivity index (χ4n) is 6.40. The van der Waals surface area contributed by atoms with Crippen molar-refractivity contribution >= 4 is 35.4 Å². The summed E-state index contributed by atoms with van der Waals surface area (Å²) < 4.78 is 11.5. The smallest absolute Gasteiger partial charge is 0.325 e. The number of hydrogen-bond donors (Lipinski definition) is 3. The molecule has 1 aromatic carbocycles. The largest absolute Gasteiger partial charge is 0.461 e. The van der Waals surface area contributed by atoms with Gasteiger partial charge in [-0.05, 0) is 69.8 Å². The van der Waals surface area contributed by atoms with E-state index in [1.807, 2.05) is 37.3 Å². The summed E-state index contributed by atoms with van der Waals surface area (Å²) in [7, 11) is 1.43. The van der Waals surface area contributed by atoms with Gasteiger partial charge in [-0.1, -0.05) is 44.2 Å². The third-order valence-corrected chi connectivity index (χ3v) is 9.68. The average Bonchev–Trinajstić information content (AvgIpc) is 3.06. The summed E-state index contributed by atoms with van der Waals surface area (Å²) >= 11 is 0. The predicted molar refractivity (Wildman–Crippen MR) is 169 cm³/mol. The summed E-state index contributed by atoms with van der Waals surface area (Å²) in [5, 5.41) is 16.9. The fraction of sp³-hybridized carbons (Fsp3) is 0.647. The van der Waals surface area contributed by atoms with E-state index >= 15 is 0 Å². The van der Waals surface area contributed by atoms with Gasteiger partial charge in [-0.15, -0.1) is 0 Å². The monoisotopic (exact) mass is 656 g/mol. The molecule has 258 valence electrons. The number of benzene rings is 1. The van der Waals surface area contributed by atoms with Crippen LogP contribution in [0.3, 0.4) is 0 Å². The number of piperidine rings is 1. The van der Waals surface area contributed by atoms with Crippen molar-refractivity contribution in [3.63, 3.8) is 0 Å². The van der Waals surface area contributed by atoms with Gasteiger partial charge in [0.05, 0.1) is 12.6 Å². The molecule has 3 aliphatic heterocycles. The Kier molecular flexibility index (Phi) is 12.1. The van der Waals surface area contributed by atoms with Gasteiger partial charge in [-0.3, -0.25) is 28.8 Å². The Labute approximate surface area is 275 Å². The van der Waals surface area contributed by atoms with Crippen LogP contribution >= 0.6 is 0 Å². The van der Waals surface area contributed by atoms with E-state index in [9.17, 15) is 33.9 Å². The Morgan fingerprint density at radius 3 is 2.40 bits per heavy atom. The molecule has 3 fully saturated rings. The summed E-state index contributed by atoms with van der Waals surface area (Å²) in [4.78, 5) is 82.5. The van der Waals surface area contributed by atoms with Crippen LogP contribution in [0.1, 0.15) is 71.3 Å². The number of amides is 4. The standard InChI is InChI=1S/C34H48N4O9/c1-21-18-25-15-13-22(2)34(45,47-25)30(41)33(44)38-17-9-8-12-27(38)32(43)36-26(16-14-24-10-6-5-7-11-24)31(42)35-19-28(39)37(4)20-29(40)46-23(21)3/h5-7,10-11,21-23,25-27,45H,8-9,12-20H2,1-4H3,(H,35,42)(H,36,43)/t21-,22+,23-,25-,26+,27-,34+/m0/s1. The van der Waals surface area contributed by atoms with Crippen molar-refractivity contribution in [2.45, 2.75) is 102 Å². The molecule has 13 heteroatoms. The zero-order chi connectivity index (χ0) is 34.3. The number of nitrogens with zero attached hydrogens (tertiary/aromatic N) is 2. The molecular formula is C34H48N4O9. The Hall–Kier alpha value is -3.84. The van der Waals surface area contributed by atoms with E-state index in [0.29, 0.717) is 38.5 Å². The number of carbonyl (C=O) groups excluding carboxylic acids is 6. The van der Waals surface area contributed by atoms with Gasteiger partial charge in [-0.2, -0.15) is 0 Å². The summed E-state index contributed by atoms with van der Waals surface area (Å²) in [5.74, 6) is -7.85. The second-order valence-corrected chi connectivity index (χ2v) is 13.2. The molecule has 7 atom stereocenters. The van der Waals surface area contributed by atoms with Crippen LogP contribution in [-0.2, 0) is 44.7 Å². The first kappa shape index (κ1) is 36.0. The molecule has 13 nitrogen and oxygen atoms in total. The van der Waals surface area contributed by atoms with Crippen LogP contribution in [-0.4, -0.2) is 107 Å². The van der Waals surface area contributed by atoms with Crippen molar-refractivity contribution < 1.29 is 43.3 Å². The van der Waals surface area contributed by atoms with Crippen LogP contribution < -0.4 is 10.6 Å². The number of ketones is 1. The molecule has 3 aliphatic rings. The minimum Gasteiger partial charge on any atom is -0.461 e. The fourth-order valence-corrected chi connectivity index (χ4v) is 6.40. The number of aliphatic hydroxyl groups is 1. The molecule has 4 rings (SSSR count). The molecule has 47 heavy (non-hydrogen) atoms. The van der Waals surface area contributed by atoms with Gasteiger partial charge in [0.25, 0.3) is 11.7 Å². The SMILES string of the molecule is C[C@@H]1OC(=O)CN(C)C(=O)CNC(=O)[C@@H](CCc2ccccc2)NC(=O)[C@@H]2CCCCN2C(=O)C(=O)[C@]2(O)O[C@@H](CC[C@H]2C)C[C@@H]1C. The number of esters is 1. The maximum absolute atomic E-state index is 13.7. The highest BCUT2D eigenvalue weighted by Crippen LogP contribution is 2.36. The first-order valence-corrected chi connectivity index (χ1v) is 16.6. The highest BCUT2D eigenvalue weighted by molar-refractivity contribution is 6.39. The maximum atomic E-state index is 13.7. The lowest BCUT2D eigenvalue weighted by molar-refractivity contribution is -0.265. The second kappa shape index (κ2) is 15.8. The van der Waals surface area contributed by atoms with E-state index in [4.69, 9.17) is 9.47 Å². The quantitative estimate of drug-likeness (QED) is 0.318. The molecule has 0 spiro atoms. The van der Waals surface area contributed by atoms with Crippen molar-refractivity contribution in [1.29, 1.82) is 0 Å². The Morgan fingerprint density at radius 2 is 1.68 bits per heavy atom. The van der Waals surface area contributed by atoms with Gasteiger partial charge < -0.3 is 35.0 Å². The van der Waals surface area contributed by atoms with Crippen LogP contribution in [0.4, 0.5) is 0 Å². The number of fused-ring (bicyclic) bond motifs is 3. The van der Waals surface area contributed by atoms with Gasteiger partial charge in [0, 0.05) is 19.5 Å². The molecule has 4 amide bonds. The molecule has 0 radical (unpaired) electrons. The molecule has 3 saturated heterocycles. The van der Waals surface area contributed by atoms with Crippen molar-refractivity contribution in [3.8, 4) is 0 Å². The molecule has 1 aromatic rings. The Balaban J connectivity index is 1.62. The number of aryl methyl sites for hydroxylation is 1. The van der Waals surface area contributed by atoms with Gasteiger partial charge in [0.15, 0.2) is 0 Å². The lowest BCUT2D eigenvalue weighted by Crippen LogP contribution is -2.62. The number of Topliss-reactive ketones (excluding diaryl/α,β-unsaturated/α-hetero) is 1. The maximum Gasteiger partial charge on any atom is 0.325 e. The average molecular weight is 657 g/mol. The van der Waals surface area contributed by atoms with Crippen LogP contribution in [0.2, 0.25) is 0 Å². The number of cyclic esters (lactones) is 1. The first-order chi connectivity index (χ1) is 22.3. The van der Waals surface area contributed by atoms with Crippen LogP contribution in [0, 0.1) is 11.8 Å². The van der Waals surface area contributed by atoms with Crippen LogP contribution in [0.25, 0.3) is 0 Å². The highest BCUT2D eigenvalue weighted by atomic mass is 16.6. The molecule has 0 aromatic heterocycles. The summed E-state index contributed by atoms with van der Waals surface area (Å²) in [6.45, 7) is 4.57. The van der Waals surface area contributed by atoms with Crippen LogP contribution in [0.15, 0.2) is 30.3 Å². The van der Waals surface area contributed by atoms with Gasteiger partial charge in [0.1, 0.15) is 24.7 Å². The third kappa shape index (κ3) is 8.95. The predicted octanol–water partition coefficient (Wildman–Crippen LogP) is 1.10. The van der Waals surface area contributed by atoms with Crippen molar-refractivity contribution in [2.24, 2.45) is 11.8 Å². The molecule has 0 aliphatic carbocycles. The van der Waals surface area contributed by atoms with Crippen molar-refractivity contribution in [2.75, 3.05) is 26.7 Å². The normalized spacial score (nSPS) is 32.4. The zero-order valence-electron chi connectivity index (χ0n) is 27.7. The first-order valence-electron chi connectivity index (χ1n) is 16.6. The van der Waals surface area contributed by atoms with E-state index in [0.717, 1.165) is 10.5 Å². The molecule has 0 unspecified atom stereocenters. The lowest BCUT2D eigenvalue weighted by Gasteiger charge is -2.43. The van der Waals surface area contributed by atoms with Gasteiger partial charge in [0.2, 0.25) is 23.5 Å². The lowest BCUT2D eigenvalue weighted by atomic mass is 9.84.